The van der Waals surface area contributed by atoms with Gasteiger partial charge in [0.2, 0.25) is 0 Å². The molecule has 4 nitrogen and oxygen atoms in total. The number of halogens is 3. The Bertz CT molecular complexity index is 665. The van der Waals surface area contributed by atoms with E-state index in [0.29, 0.717) is 19.5 Å². The summed E-state index contributed by atoms with van der Waals surface area (Å²) in [6, 6.07) is 14.1. The van der Waals surface area contributed by atoms with Crippen molar-refractivity contribution in [3.05, 3.63) is 59.7 Å². The van der Waals surface area contributed by atoms with Gasteiger partial charge in [0.15, 0.2) is 0 Å². The third-order valence-electron chi connectivity index (χ3n) is 3.75. The van der Waals surface area contributed by atoms with Crippen LogP contribution in [0.15, 0.2) is 48.5 Å². The molecule has 0 saturated heterocycles. The fraction of sp³-hybridized carbons (Fsp3) is 0.278. The van der Waals surface area contributed by atoms with Crippen molar-refractivity contribution in [1.82, 2.24) is 0 Å². The molecular formula is C18H18F3O4Tl. The van der Waals surface area contributed by atoms with Gasteiger partial charge in [-0.2, -0.15) is 0 Å². The third kappa shape index (κ3) is 6.19. The Morgan fingerprint density at radius 1 is 0.846 bits per heavy atom. The SMILES string of the molecule is COc1ccc([CH2][Tl]([CH2]c2ccc(OC)cc2)[O]C(=O)C(F)(F)F)cc1. The Balaban J connectivity index is 2.14. The molecule has 0 atom stereocenters. The van der Waals surface area contributed by atoms with Gasteiger partial charge in [0, 0.05) is 0 Å². The number of hydrogen-bond acceptors (Lipinski definition) is 4. The average molecular weight is 560 g/mol. The normalized spacial score (nSPS) is 11.0. The standard InChI is InChI=1S/2C8H9O.C2HF3O2.Tl/c2*1-7-3-5-8(9-2)6-4-7;3-2(4,5)1(6)7;/h2*3-6H,1H2,2H3;(H,6,7);/q;;;+1/p-1. The Morgan fingerprint density at radius 2 is 1.23 bits per heavy atom. The van der Waals surface area contributed by atoms with Crippen LogP contribution >= 0.6 is 0 Å². The topological polar surface area (TPSA) is 44.8 Å². The fourth-order valence-corrected chi connectivity index (χ4v) is 11.5. The second-order valence-corrected chi connectivity index (χ2v) is 14.6. The van der Waals surface area contributed by atoms with Crippen LogP contribution in [-0.2, 0) is 15.4 Å². The predicted molar refractivity (Wildman–Crippen MR) is 91.3 cm³/mol. The van der Waals surface area contributed by atoms with Gasteiger partial charge in [0.05, 0.1) is 0 Å². The van der Waals surface area contributed by atoms with Crippen LogP contribution in [0.4, 0.5) is 13.2 Å². The van der Waals surface area contributed by atoms with Crippen molar-refractivity contribution in [2.75, 3.05) is 14.2 Å². The molecule has 2 rings (SSSR count). The first-order valence-electron chi connectivity index (χ1n) is 7.85. The average Bonchev–Trinajstić information content (AvgIpc) is 2.62. The van der Waals surface area contributed by atoms with Gasteiger partial charge in [0.25, 0.3) is 0 Å². The number of benzene rings is 2. The van der Waals surface area contributed by atoms with E-state index >= 15 is 0 Å². The van der Waals surface area contributed by atoms with E-state index in [0.717, 1.165) is 11.1 Å². The molecule has 0 aliphatic carbocycles. The summed E-state index contributed by atoms with van der Waals surface area (Å²) in [5.41, 5.74) is 1.67. The number of ether oxygens (including phenoxy) is 2. The molecule has 26 heavy (non-hydrogen) atoms. The number of rotatable bonds is 7. The molecule has 0 fully saturated rings. The quantitative estimate of drug-likeness (QED) is 0.486. The Labute approximate surface area is 158 Å². The van der Waals surface area contributed by atoms with Gasteiger partial charge < -0.3 is 0 Å². The molecule has 0 heterocycles. The van der Waals surface area contributed by atoms with Crippen molar-refractivity contribution in [2.45, 2.75) is 14.1 Å². The van der Waals surface area contributed by atoms with Gasteiger partial charge in [0.1, 0.15) is 0 Å². The summed E-state index contributed by atoms with van der Waals surface area (Å²) in [5.74, 6) is -0.778. The van der Waals surface area contributed by atoms with Crippen LogP contribution in [0, 0.1) is 0 Å². The molecule has 0 aliphatic rings. The number of carbonyl (C=O) groups excluding carboxylic acids is 1. The molecule has 0 spiro atoms. The van der Waals surface area contributed by atoms with E-state index in [2.05, 4.69) is 0 Å². The van der Waals surface area contributed by atoms with Gasteiger partial charge in [-0.25, -0.2) is 0 Å². The molecular weight excluding hydrogens is 542 g/mol. The van der Waals surface area contributed by atoms with Crippen LogP contribution in [0.25, 0.3) is 0 Å². The molecule has 0 bridgehead atoms. The molecule has 0 amide bonds. The second-order valence-electron chi connectivity index (χ2n) is 5.63. The Morgan fingerprint density at radius 3 is 1.54 bits per heavy atom. The number of alkyl halides is 3. The van der Waals surface area contributed by atoms with E-state index in [-0.39, 0.29) is 0 Å². The molecule has 2 aromatic carbocycles. The van der Waals surface area contributed by atoms with Gasteiger partial charge in [-0.3, -0.25) is 0 Å². The fourth-order valence-electron chi connectivity index (χ4n) is 2.42. The van der Waals surface area contributed by atoms with Crippen LogP contribution in [0.3, 0.4) is 0 Å². The number of methoxy groups -OCH3 is 2. The summed E-state index contributed by atoms with van der Waals surface area (Å²) in [6.45, 7) is 0. The molecule has 0 saturated carbocycles. The monoisotopic (exact) mass is 560 g/mol. The summed E-state index contributed by atoms with van der Waals surface area (Å²) in [5, 5.41) is 0. The van der Waals surface area contributed by atoms with Gasteiger partial charge >= 0.3 is 159 Å². The predicted octanol–water partition coefficient (Wildman–Crippen LogP) is 3.66. The van der Waals surface area contributed by atoms with Gasteiger partial charge in [-0.05, 0) is 0 Å². The molecule has 0 radical (unpaired) electrons. The van der Waals surface area contributed by atoms with Crippen molar-refractivity contribution >= 4 is 29.1 Å². The molecule has 0 aliphatic heterocycles. The van der Waals surface area contributed by atoms with Crippen molar-refractivity contribution in [3.8, 4) is 11.5 Å². The zero-order chi connectivity index (χ0) is 19.2. The first-order chi connectivity index (χ1) is 12.3. The zero-order valence-electron chi connectivity index (χ0n) is 14.4. The van der Waals surface area contributed by atoms with E-state index in [1.165, 1.54) is 14.2 Å². The van der Waals surface area contributed by atoms with Crippen LogP contribution in [-0.4, -0.2) is 49.5 Å². The van der Waals surface area contributed by atoms with Gasteiger partial charge in [-0.1, -0.05) is 0 Å². The molecule has 8 heteroatoms. The van der Waals surface area contributed by atoms with Crippen LogP contribution in [0.2, 0.25) is 0 Å². The zero-order valence-corrected chi connectivity index (χ0v) is 18.9. The van der Waals surface area contributed by atoms with Crippen LogP contribution < -0.4 is 9.47 Å². The van der Waals surface area contributed by atoms with E-state index in [4.69, 9.17) is 12.2 Å². The van der Waals surface area contributed by atoms with Crippen molar-refractivity contribution in [1.29, 1.82) is 0 Å². The Hall–Kier alpha value is -1.78. The third-order valence-corrected chi connectivity index (χ3v) is 13.1. The van der Waals surface area contributed by atoms with E-state index in [1.807, 2.05) is 0 Å². The summed E-state index contributed by atoms with van der Waals surface area (Å²) in [4.78, 5) is 11.3. The summed E-state index contributed by atoms with van der Waals surface area (Å²) < 4.78 is 53.7. The molecule has 0 N–H and O–H groups in total. The minimum atomic E-state index is -4.97. The molecule has 138 valence electrons. The van der Waals surface area contributed by atoms with Crippen molar-refractivity contribution in [3.63, 3.8) is 0 Å². The van der Waals surface area contributed by atoms with Gasteiger partial charge in [-0.15, -0.1) is 0 Å². The summed E-state index contributed by atoms with van der Waals surface area (Å²) in [6.07, 6.45) is -4.97. The minimum absolute atomic E-state index is 0.373. The molecule has 0 unspecified atom stereocenters. The number of carbonyl (C=O) groups is 1. The van der Waals surface area contributed by atoms with Crippen LogP contribution in [0.5, 0.6) is 11.5 Å². The summed E-state index contributed by atoms with van der Waals surface area (Å²) >= 11 is -3.50. The maximum atomic E-state index is 12.6. The van der Waals surface area contributed by atoms with E-state index in [9.17, 15) is 18.0 Å². The number of hydrogen-bond donors (Lipinski definition) is 0. The van der Waals surface area contributed by atoms with Crippen molar-refractivity contribution < 1.29 is 30.1 Å². The maximum absolute atomic E-state index is 12.6. The molecule has 2 aromatic rings. The second kappa shape index (κ2) is 9.24. The first kappa shape index (κ1) is 20.5. The van der Waals surface area contributed by atoms with E-state index in [1.54, 1.807) is 48.5 Å². The Kier molecular flexibility index (Phi) is 7.30. The first-order valence-corrected chi connectivity index (χ1v) is 16.0. The summed E-state index contributed by atoms with van der Waals surface area (Å²) in [7, 11) is 3.07. The van der Waals surface area contributed by atoms with Crippen molar-refractivity contribution in [2.24, 2.45) is 0 Å². The van der Waals surface area contributed by atoms with Crippen LogP contribution in [0.1, 0.15) is 11.1 Å². The van der Waals surface area contributed by atoms with E-state index < -0.39 is 35.3 Å². The molecule has 0 aromatic heterocycles.